The highest BCUT2D eigenvalue weighted by Gasteiger charge is 2.51. The Morgan fingerprint density at radius 2 is 2.31 bits per heavy atom. The van der Waals surface area contributed by atoms with Crippen molar-refractivity contribution in [2.24, 2.45) is 0 Å². The molecule has 2 aromatic heterocycles. The molecule has 1 aliphatic heterocycles. The van der Waals surface area contributed by atoms with Crippen molar-refractivity contribution in [1.29, 1.82) is 0 Å². The molecule has 3 heterocycles. The number of hydrogen-bond acceptors (Lipinski definition) is 10. The summed E-state index contributed by atoms with van der Waals surface area (Å²) in [6, 6.07) is 0. The van der Waals surface area contributed by atoms with Crippen LogP contribution in [0, 0.1) is 0 Å². The molecule has 0 aromatic carbocycles. The van der Waals surface area contributed by atoms with E-state index in [1.165, 1.54) is 0 Å². The van der Waals surface area contributed by atoms with Crippen molar-refractivity contribution in [1.82, 2.24) is 14.5 Å². The molecule has 0 radical (unpaired) electrons. The lowest BCUT2D eigenvalue weighted by molar-refractivity contribution is -0.111. The van der Waals surface area contributed by atoms with E-state index in [0.29, 0.717) is 12.2 Å². The van der Waals surface area contributed by atoms with Crippen LogP contribution in [0.25, 0.3) is 10.3 Å². The summed E-state index contributed by atoms with van der Waals surface area (Å²) in [6.07, 6.45) is -0.180. The van der Waals surface area contributed by atoms with Gasteiger partial charge in [-0.25, -0.2) is 4.57 Å². The number of nitrogens with zero attached hydrogens (tertiary/aromatic N) is 3. The number of aliphatic hydroxyl groups is 3. The average Bonchev–Trinajstić information content (AvgIpc) is 3.09. The lowest BCUT2D eigenvalue weighted by atomic mass is 10.1. The number of rotatable bonds is 5. The zero-order chi connectivity index (χ0) is 19.1. The van der Waals surface area contributed by atoms with Crippen LogP contribution in [-0.2, 0) is 10.5 Å². The van der Waals surface area contributed by atoms with E-state index >= 15 is 0 Å². The number of aromatic nitrogens is 3. The first-order valence-electron chi connectivity index (χ1n) is 8.01. The number of nitrogens with two attached hydrogens (primary N) is 1. The number of nitrogen functional groups attached to an aromatic ring is 1. The molecule has 11 heteroatoms. The molecule has 1 saturated heterocycles. The van der Waals surface area contributed by atoms with E-state index in [1.54, 1.807) is 13.0 Å². The molecule has 3 rings (SSSR count). The molecule has 0 bridgehead atoms. The van der Waals surface area contributed by atoms with Crippen LogP contribution in [0.1, 0.15) is 20.3 Å². The van der Waals surface area contributed by atoms with Crippen LogP contribution in [0.3, 0.4) is 0 Å². The van der Waals surface area contributed by atoms with Gasteiger partial charge >= 0.3 is 4.87 Å². The summed E-state index contributed by atoms with van der Waals surface area (Å²) in [4.78, 5) is 20.1. The second-order valence-electron chi connectivity index (χ2n) is 5.81. The summed E-state index contributed by atoms with van der Waals surface area (Å²) < 4.78 is 12.1. The second kappa shape index (κ2) is 6.93. The number of anilines is 1. The van der Waals surface area contributed by atoms with Gasteiger partial charge in [-0.2, -0.15) is 9.97 Å². The number of thiazole rings is 1. The summed E-state index contributed by atoms with van der Waals surface area (Å²) in [5, 5.41) is 30.4. The topological polar surface area (TPSA) is 153 Å². The van der Waals surface area contributed by atoms with Crippen LogP contribution in [-0.4, -0.2) is 55.3 Å². The Labute approximate surface area is 152 Å². The van der Waals surface area contributed by atoms with Crippen LogP contribution in [0.5, 0.6) is 5.88 Å². The molecule has 5 N–H and O–H groups in total. The van der Waals surface area contributed by atoms with Crippen molar-refractivity contribution in [2.45, 2.75) is 38.2 Å². The van der Waals surface area contributed by atoms with Crippen LogP contribution < -0.4 is 15.3 Å². The first-order chi connectivity index (χ1) is 12.3. The van der Waals surface area contributed by atoms with Gasteiger partial charge < -0.3 is 30.5 Å². The monoisotopic (exact) mass is 384 g/mol. The van der Waals surface area contributed by atoms with Crippen molar-refractivity contribution in [3.8, 4) is 5.88 Å². The van der Waals surface area contributed by atoms with Gasteiger partial charge in [0, 0.05) is 6.42 Å². The molecule has 10 nitrogen and oxygen atoms in total. The van der Waals surface area contributed by atoms with Gasteiger partial charge in [-0.05, 0) is 13.0 Å². The summed E-state index contributed by atoms with van der Waals surface area (Å²) in [5.41, 5.74) is 3.68. The molecule has 26 heavy (non-hydrogen) atoms. The fraction of sp³-hybridized carbons (Fsp3) is 0.533. The predicted octanol–water partition coefficient (Wildman–Crippen LogP) is -0.475. The Kier molecular flexibility index (Phi) is 4.99. The van der Waals surface area contributed by atoms with E-state index in [1.807, 2.05) is 6.92 Å². The molecule has 0 saturated carbocycles. The quantitative estimate of drug-likeness (QED) is 0.501. The molecule has 142 valence electrons. The lowest BCUT2D eigenvalue weighted by Gasteiger charge is -2.27. The van der Waals surface area contributed by atoms with Gasteiger partial charge in [-0.3, -0.25) is 4.79 Å². The van der Waals surface area contributed by atoms with Crippen molar-refractivity contribution >= 4 is 27.6 Å². The fourth-order valence-electron chi connectivity index (χ4n) is 2.82. The molecular weight excluding hydrogens is 364 g/mol. The Balaban J connectivity index is 2.19. The van der Waals surface area contributed by atoms with Gasteiger partial charge in [0.15, 0.2) is 11.4 Å². The first-order valence-corrected chi connectivity index (χ1v) is 8.82. The highest BCUT2D eigenvalue weighted by molar-refractivity contribution is 7.16. The van der Waals surface area contributed by atoms with E-state index in [9.17, 15) is 20.1 Å². The number of ether oxygens (including phenoxy) is 2. The van der Waals surface area contributed by atoms with Crippen LogP contribution >= 0.6 is 11.3 Å². The minimum absolute atomic E-state index is 0.0257. The standard InChI is InChI=1S/C15H20N4O6S/c1-3-7(4-2)25-12-9-11(17-13(16)18-12)19(14(22)26-9)15(23)6-24-8(5-20)10(15)21/h3,8,10,20-21,23H,4-6H2,1-2H3,(H2,16,17,18)/t8-,10-,15-/m1/s1. The molecule has 0 unspecified atom stereocenters. The number of hydrogen-bond donors (Lipinski definition) is 4. The van der Waals surface area contributed by atoms with E-state index < -0.39 is 29.4 Å². The van der Waals surface area contributed by atoms with E-state index in [4.69, 9.17) is 15.2 Å². The minimum Gasteiger partial charge on any atom is -0.442 e. The molecule has 0 spiro atoms. The molecular formula is C15H20N4O6S. The second-order valence-corrected chi connectivity index (χ2v) is 6.77. The highest BCUT2D eigenvalue weighted by atomic mass is 32.1. The number of aliphatic hydroxyl groups excluding tert-OH is 2. The zero-order valence-electron chi connectivity index (χ0n) is 14.2. The van der Waals surface area contributed by atoms with Gasteiger partial charge in [-0.15, -0.1) is 0 Å². The van der Waals surface area contributed by atoms with Gasteiger partial charge in [0.25, 0.3) is 0 Å². The molecule has 1 aliphatic rings. The predicted molar refractivity (Wildman–Crippen MR) is 93.8 cm³/mol. The van der Waals surface area contributed by atoms with Crippen LogP contribution in [0.2, 0.25) is 0 Å². The van der Waals surface area contributed by atoms with Gasteiger partial charge in [0.2, 0.25) is 11.8 Å². The molecule has 0 aliphatic carbocycles. The lowest BCUT2D eigenvalue weighted by Crippen LogP contribution is -2.50. The van der Waals surface area contributed by atoms with Gasteiger partial charge in [-0.1, -0.05) is 18.3 Å². The maximum absolute atomic E-state index is 12.6. The third-order valence-corrected chi connectivity index (χ3v) is 5.14. The summed E-state index contributed by atoms with van der Waals surface area (Å²) in [6.45, 7) is 2.81. The maximum Gasteiger partial charge on any atom is 0.312 e. The van der Waals surface area contributed by atoms with E-state index in [-0.39, 0.29) is 28.8 Å². The summed E-state index contributed by atoms with van der Waals surface area (Å²) >= 11 is 0.759. The summed E-state index contributed by atoms with van der Waals surface area (Å²) in [7, 11) is 0. The van der Waals surface area contributed by atoms with Crippen LogP contribution in [0.4, 0.5) is 5.95 Å². The third kappa shape index (κ3) is 2.87. The smallest absolute Gasteiger partial charge is 0.312 e. The van der Waals surface area contributed by atoms with E-state index in [0.717, 1.165) is 15.9 Å². The van der Waals surface area contributed by atoms with Gasteiger partial charge in [0.05, 0.1) is 13.2 Å². The average molecular weight is 384 g/mol. The van der Waals surface area contributed by atoms with Crippen LogP contribution in [0.15, 0.2) is 16.6 Å². The molecule has 2 aromatic rings. The molecule has 3 atom stereocenters. The van der Waals surface area contributed by atoms with Gasteiger partial charge in [0.1, 0.15) is 22.7 Å². The number of fused-ring (bicyclic) bond motifs is 1. The maximum atomic E-state index is 12.6. The Morgan fingerprint density at radius 3 is 2.88 bits per heavy atom. The first kappa shape index (κ1) is 18.7. The van der Waals surface area contributed by atoms with Crippen molar-refractivity contribution in [3.05, 3.63) is 21.5 Å². The SMILES string of the molecule is CC=C(CC)Oc1nc(N)nc2c1sc(=O)n2[C@@]1(O)CO[C@H](CO)[C@H]1O. The van der Waals surface area contributed by atoms with Crippen molar-refractivity contribution in [3.63, 3.8) is 0 Å². The summed E-state index contributed by atoms with van der Waals surface area (Å²) in [5.74, 6) is 0.570. The Hall–Kier alpha value is -2.05. The fourth-order valence-corrected chi connectivity index (χ4v) is 3.73. The highest BCUT2D eigenvalue weighted by Crippen LogP contribution is 2.35. The Bertz CT molecular complexity index is 909. The molecule has 1 fully saturated rings. The normalized spacial score (nSPS) is 26.6. The molecule has 0 amide bonds. The number of allylic oxidation sites excluding steroid dienone is 2. The van der Waals surface area contributed by atoms with Crippen molar-refractivity contribution < 1.29 is 24.8 Å². The third-order valence-electron chi connectivity index (χ3n) is 4.22. The van der Waals surface area contributed by atoms with Crippen molar-refractivity contribution in [2.75, 3.05) is 18.9 Å². The Morgan fingerprint density at radius 1 is 1.58 bits per heavy atom. The largest absolute Gasteiger partial charge is 0.442 e. The minimum atomic E-state index is -2.09. The van der Waals surface area contributed by atoms with E-state index in [2.05, 4.69) is 9.97 Å². The zero-order valence-corrected chi connectivity index (χ0v) is 15.1.